The second-order valence-corrected chi connectivity index (χ2v) is 6.71. The standard InChI is InChI=1S/C15H19N3O2S/c1-10-8-16-15(17-10)13-9-18(5-6-20-13)14(19)7-12-4-3-11(2)21-12/h3-4,8,13H,5-7,9H2,1-2H3,(H,16,17). The molecule has 0 saturated carbocycles. The largest absolute Gasteiger partial charge is 0.367 e. The fourth-order valence-electron chi connectivity index (χ4n) is 2.48. The maximum atomic E-state index is 12.4. The summed E-state index contributed by atoms with van der Waals surface area (Å²) in [5.41, 5.74) is 1.01. The first kappa shape index (κ1) is 14.3. The van der Waals surface area contributed by atoms with Crippen molar-refractivity contribution in [3.05, 3.63) is 39.6 Å². The number of aromatic amines is 1. The van der Waals surface area contributed by atoms with E-state index in [0.717, 1.165) is 16.4 Å². The van der Waals surface area contributed by atoms with Gasteiger partial charge in [-0.2, -0.15) is 0 Å². The fourth-order valence-corrected chi connectivity index (χ4v) is 3.36. The molecule has 3 heterocycles. The summed E-state index contributed by atoms with van der Waals surface area (Å²) in [5.74, 6) is 0.963. The summed E-state index contributed by atoms with van der Waals surface area (Å²) < 4.78 is 5.73. The van der Waals surface area contributed by atoms with Crippen molar-refractivity contribution < 1.29 is 9.53 Å². The molecule has 3 rings (SSSR count). The molecule has 1 aliphatic heterocycles. The van der Waals surface area contributed by atoms with Crippen LogP contribution in [0.1, 0.15) is 27.4 Å². The van der Waals surface area contributed by atoms with E-state index in [9.17, 15) is 4.79 Å². The highest BCUT2D eigenvalue weighted by atomic mass is 32.1. The van der Waals surface area contributed by atoms with Crippen molar-refractivity contribution in [3.63, 3.8) is 0 Å². The molecule has 0 aliphatic carbocycles. The van der Waals surface area contributed by atoms with Gasteiger partial charge in [-0.1, -0.05) is 0 Å². The summed E-state index contributed by atoms with van der Waals surface area (Å²) in [6.45, 7) is 5.79. The molecule has 1 N–H and O–H groups in total. The van der Waals surface area contributed by atoms with Crippen LogP contribution in [0, 0.1) is 13.8 Å². The van der Waals surface area contributed by atoms with Crippen molar-refractivity contribution in [2.24, 2.45) is 0 Å². The average molecular weight is 305 g/mol. The molecule has 1 amide bonds. The molecule has 1 unspecified atom stereocenters. The van der Waals surface area contributed by atoms with Crippen molar-refractivity contribution >= 4 is 17.2 Å². The van der Waals surface area contributed by atoms with E-state index in [-0.39, 0.29) is 12.0 Å². The lowest BCUT2D eigenvalue weighted by molar-refractivity contribution is -0.138. The smallest absolute Gasteiger partial charge is 0.228 e. The summed E-state index contributed by atoms with van der Waals surface area (Å²) in [5, 5.41) is 0. The maximum Gasteiger partial charge on any atom is 0.228 e. The molecule has 0 radical (unpaired) electrons. The van der Waals surface area contributed by atoms with Crippen LogP contribution in [0.25, 0.3) is 0 Å². The number of rotatable bonds is 3. The number of carbonyl (C=O) groups is 1. The van der Waals surface area contributed by atoms with Crippen molar-refractivity contribution in [3.8, 4) is 0 Å². The van der Waals surface area contributed by atoms with Crippen LogP contribution >= 0.6 is 11.3 Å². The number of thiophene rings is 1. The Morgan fingerprint density at radius 2 is 2.38 bits per heavy atom. The lowest BCUT2D eigenvalue weighted by Crippen LogP contribution is -2.43. The number of nitrogens with zero attached hydrogens (tertiary/aromatic N) is 2. The second kappa shape index (κ2) is 5.99. The number of morpholine rings is 1. The van der Waals surface area contributed by atoms with Gasteiger partial charge in [0.1, 0.15) is 11.9 Å². The SMILES string of the molecule is Cc1cnc(C2CN(C(=O)Cc3ccc(C)s3)CCO2)[nH]1. The molecule has 1 aliphatic rings. The maximum absolute atomic E-state index is 12.4. The molecule has 5 nitrogen and oxygen atoms in total. The first-order valence-corrected chi connectivity index (χ1v) is 7.89. The topological polar surface area (TPSA) is 58.2 Å². The Kier molecular flexibility index (Phi) is 4.07. The summed E-state index contributed by atoms with van der Waals surface area (Å²) >= 11 is 1.68. The molecule has 112 valence electrons. The van der Waals surface area contributed by atoms with E-state index in [4.69, 9.17) is 4.74 Å². The number of nitrogens with one attached hydrogen (secondary N) is 1. The van der Waals surface area contributed by atoms with Gasteiger partial charge in [0.25, 0.3) is 0 Å². The number of H-pyrrole nitrogens is 1. The quantitative estimate of drug-likeness (QED) is 0.946. The van der Waals surface area contributed by atoms with E-state index in [1.165, 1.54) is 4.88 Å². The molecule has 1 atom stereocenters. The Hall–Kier alpha value is -1.66. The highest BCUT2D eigenvalue weighted by Gasteiger charge is 2.27. The number of imidazole rings is 1. The van der Waals surface area contributed by atoms with E-state index in [1.807, 2.05) is 17.9 Å². The van der Waals surface area contributed by atoms with Gasteiger partial charge in [0.05, 0.1) is 19.6 Å². The summed E-state index contributed by atoms with van der Waals surface area (Å²) in [6.07, 6.45) is 2.11. The van der Waals surface area contributed by atoms with Crippen molar-refractivity contribution in [2.75, 3.05) is 19.7 Å². The van der Waals surface area contributed by atoms with Gasteiger partial charge in [-0.15, -0.1) is 11.3 Å². The zero-order chi connectivity index (χ0) is 14.8. The summed E-state index contributed by atoms with van der Waals surface area (Å²) in [6, 6.07) is 4.09. The van der Waals surface area contributed by atoms with Gasteiger partial charge in [0, 0.05) is 28.2 Å². The summed E-state index contributed by atoms with van der Waals surface area (Å²) in [7, 11) is 0. The molecule has 1 fully saturated rings. The lowest BCUT2D eigenvalue weighted by Gasteiger charge is -2.32. The Bertz CT molecular complexity index is 634. The molecule has 6 heteroatoms. The van der Waals surface area contributed by atoms with Crippen molar-refractivity contribution in [2.45, 2.75) is 26.4 Å². The third-order valence-corrected chi connectivity index (χ3v) is 4.57. The average Bonchev–Trinajstić information content (AvgIpc) is 3.08. The predicted molar refractivity (Wildman–Crippen MR) is 81.4 cm³/mol. The fraction of sp³-hybridized carbons (Fsp3) is 0.467. The number of hydrogen-bond acceptors (Lipinski definition) is 4. The predicted octanol–water partition coefficient (Wildman–Crippen LogP) is 2.23. The zero-order valence-electron chi connectivity index (χ0n) is 12.3. The molecule has 21 heavy (non-hydrogen) atoms. The number of aromatic nitrogens is 2. The van der Waals surface area contributed by atoms with Crippen LogP contribution in [0.15, 0.2) is 18.3 Å². The molecule has 0 spiro atoms. The van der Waals surface area contributed by atoms with Gasteiger partial charge in [-0.25, -0.2) is 4.98 Å². The van der Waals surface area contributed by atoms with E-state index >= 15 is 0 Å². The number of carbonyl (C=O) groups excluding carboxylic acids is 1. The number of ether oxygens (including phenoxy) is 1. The Morgan fingerprint density at radius 3 is 3.05 bits per heavy atom. The summed E-state index contributed by atoms with van der Waals surface area (Å²) in [4.78, 5) is 24.1. The minimum absolute atomic E-state index is 0.151. The molecule has 2 aromatic heterocycles. The van der Waals surface area contributed by atoms with Gasteiger partial charge in [-0.3, -0.25) is 4.79 Å². The van der Waals surface area contributed by atoms with Gasteiger partial charge < -0.3 is 14.6 Å². The number of hydrogen-bond donors (Lipinski definition) is 1. The monoisotopic (exact) mass is 305 g/mol. The molecule has 0 bridgehead atoms. The van der Waals surface area contributed by atoms with Crippen LogP contribution in [0.5, 0.6) is 0 Å². The number of aryl methyl sites for hydroxylation is 2. The lowest BCUT2D eigenvalue weighted by atomic mass is 10.2. The first-order valence-electron chi connectivity index (χ1n) is 7.08. The van der Waals surface area contributed by atoms with E-state index in [2.05, 4.69) is 23.0 Å². The van der Waals surface area contributed by atoms with Crippen LogP contribution < -0.4 is 0 Å². The first-order chi connectivity index (χ1) is 10.1. The van der Waals surface area contributed by atoms with Crippen LogP contribution in [-0.2, 0) is 16.0 Å². The molecule has 0 aromatic carbocycles. The second-order valence-electron chi connectivity index (χ2n) is 5.34. The van der Waals surface area contributed by atoms with E-state index < -0.39 is 0 Å². The van der Waals surface area contributed by atoms with E-state index in [0.29, 0.717) is 26.1 Å². The molecule has 2 aromatic rings. The van der Waals surface area contributed by atoms with Gasteiger partial charge in [-0.05, 0) is 26.0 Å². The minimum atomic E-state index is -0.151. The van der Waals surface area contributed by atoms with Gasteiger partial charge in [0.2, 0.25) is 5.91 Å². The van der Waals surface area contributed by atoms with Gasteiger partial charge >= 0.3 is 0 Å². The third kappa shape index (κ3) is 3.33. The third-order valence-electron chi connectivity index (χ3n) is 3.57. The van der Waals surface area contributed by atoms with Crippen molar-refractivity contribution in [1.82, 2.24) is 14.9 Å². The van der Waals surface area contributed by atoms with Crippen molar-refractivity contribution in [1.29, 1.82) is 0 Å². The van der Waals surface area contributed by atoms with Crippen LogP contribution in [0.2, 0.25) is 0 Å². The minimum Gasteiger partial charge on any atom is -0.367 e. The van der Waals surface area contributed by atoms with Crippen LogP contribution in [-0.4, -0.2) is 40.5 Å². The van der Waals surface area contributed by atoms with Crippen LogP contribution in [0.3, 0.4) is 0 Å². The Balaban J connectivity index is 1.64. The Labute approximate surface area is 128 Å². The normalized spacial score (nSPS) is 19.0. The zero-order valence-corrected chi connectivity index (χ0v) is 13.1. The molecule has 1 saturated heterocycles. The Morgan fingerprint density at radius 1 is 1.52 bits per heavy atom. The highest BCUT2D eigenvalue weighted by molar-refractivity contribution is 7.12. The van der Waals surface area contributed by atoms with Crippen LogP contribution in [0.4, 0.5) is 0 Å². The van der Waals surface area contributed by atoms with Gasteiger partial charge in [0.15, 0.2) is 0 Å². The number of amides is 1. The molecular formula is C15H19N3O2S. The van der Waals surface area contributed by atoms with E-state index in [1.54, 1.807) is 17.5 Å². The molecular weight excluding hydrogens is 286 g/mol. The highest BCUT2D eigenvalue weighted by Crippen LogP contribution is 2.21.